The van der Waals surface area contributed by atoms with Crippen LogP contribution in [0.1, 0.15) is 24.2 Å². The maximum absolute atomic E-state index is 13.9. The van der Waals surface area contributed by atoms with Crippen molar-refractivity contribution < 1.29 is 23.4 Å². The molecule has 1 aromatic carbocycles. The van der Waals surface area contributed by atoms with Crippen molar-refractivity contribution in [1.29, 1.82) is 0 Å². The number of halogens is 2. The summed E-state index contributed by atoms with van der Waals surface area (Å²) < 4.78 is 32.4. The van der Waals surface area contributed by atoms with E-state index >= 15 is 0 Å². The van der Waals surface area contributed by atoms with Gasteiger partial charge in [0, 0.05) is 13.2 Å². The Hall–Kier alpha value is -1.69. The van der Waals surface area contributed by atoms with Crippen LogP contribution < -0.4 is 10.1 Å². The topological polar surface area (TPSA) is 58.6 Å². The van der Waals surface area contributed by atoms with Gasteiger partial charge >= 0.3 is 0 Å². The predicted molar refractivity (Wildman–Crippen MR) is 66.1 cm³/mol. The standard InChI is InChI=1S/C13H17F2NO3/c1-3-19-10-5-4-9(14)11(12(10)15)13(18)16-6-8(2)7-17/h4-5,8,17H,3,6-7H2,1-2H3,(H,16,18). The van der Waals surface area contributed by atoms with E-state index in [2.05, 4.69) is 5.32 Å². The van der Waals surface area contributed by atoms with Gasteiger partial charge in [0.1, 0.15) is 11.4 Å². The molecule has 1 amide bonds. The summed E-state index contributed by atoms with van der Waals surface area (Å²) >= 11 is 0. The fourth-order valence-corrected chi connectivity index (χ4v) is 1.43. The first-order valence-electron chi connectivity index (χ1n) is 6.01. The van der Waals surface area contributed by atoms with Crippen LogP contribution in [-0.2, 0) is 0 Å². The van der Waals surface area contributed by atoms with Crippen molar-refractivity contribution in [3.63, 3.8) is 0 Å². The Bertz CT molecular complexity index is 452. The molecule has 1 aromatic rings. The maximum Gasteiger partial charge on any atom is 0.257 e. The van der Waals surface area contributed by atoms with Gasteiger partial charge < -0.3 is 15.2 Å². The van der Waals surface area contributed by atoms with E-state index in [1.807, 2.05) is 0 Å². The molecule has 0 saturated carbocycles. The Kier molecular flexibility index (Phi) is 5.69. The van der Waals surface area contributed by atoms with Crippen LogP contribution in [0.2, 0.25) is 0 Å². The zero-order valence-corrected chi connectivity index (χ0v) is 10.9. The molecule has 0 saturated heterocycles. The molecule has 0 radical (unpaired) electrons. The number of aliphatic hydroxyl groups excluding tert-OH is 1. The van der Waals surface area contributed by atoms with Gasteiger partial charge in [-0.3, -0.25) is 4.79 Å². The first-order valence-corrected chi connectivity index (χ1v) is 6.01. The van der Waals surface area contributed by atoms with Crippen molar-refractivity contribution in [2.24, 2.45) is 5.92 Å². The zero-order chi connectivity index (χ0) is 14.4. The minimum Gasteiger partial charge on any atom is -0.491 e. The lowest BCUT2D eigenvalue weighted by molar-refractivity contribution is 0.0932. The lowest BCUT2D eigenvalue weighted by Crippen LogP contribution is -2.31. The number of benzene rings is 1. The van der Waals surface area contributed by atoms with Crippen LogP contribution in [-0.4, -0.2) is 30.8 Å². The molecule has 0 fully saturated rings. The maximum atomic E-state index is 13.9. The Morgan fingerprint density at radius 2 is 2.16 bits per heavy atom. The SMILES string of the molecule is CCOc1ccc(F)c(C(=O)NCC(C)CO)c1F. The molecule has 6 heteroatoms. The molecule has 0 aliphatic heterocycles. The van der Waals surface area contributed by atoms with Crippen molar-refractivity contribution in [1.82, 2.24) is 5.32 Å². The number of nitrogens with one attached hydrogen (secondary N) is 1. The number of ether oxygens (including phenoxy) is 1. The molecule has 0 heterocycles. The molecule has 2 N–H and O–H groups in total. The minimum atomic E-state index is -1.02. The highest BCUT2D eigenvalue weighted by molar-refractivity contribution is 5.95. The molecule has 0 aromatic heterocycles. The molecule has 0 spiro atoms. The number of hydrogen-bond acceptors (Lipinski definition) is 3. The Morgan fingerprint density at radius 1 is 1.47 bits per heavy atom. The fourth-order valence-electron chi connectivity index (χ4n) is 1.43. The summed E-state index contributed by atoms with van der Waals surface area (Å²) in [6.07, 6.45) is 0. The van der Waals surface area contributed by atoms with Crippen LogP contribution in [0.4, 0.5) is 8.78 Å². The molecule has 1 atom stereocenters. The molecule has 0 aliphatic rings. The number of rotatable bonds is 6. The molecule has 0 bridgehead atoms. The Balaban J connectivity index is 2.92. The number of aliphatic hydroxyl groups is 1. The Labute approximate surface area is 110 Å². The van der Waals surface area contributed by atoms with E-state index in [0.29, 0.717) is 0 Å². The molecule has 19 heavy (non-hydrogen) atoms. The van der Waals surface area contributed by atoms with Crippen molar-refractivity contribution in [2.45, 2.75) is 13.8 Å². The van der Waals surface area contributed by atoms with Gasteiger partial charge in [0.15, 0.2) is 11.6 Å². The third-order valence-electron chi connectivity index (χ3n) is 2.51. The second kappa shape index (κ2) is 7.04. The van der Waals surface area contributed by atoms with E-state index < -0.39 is 23.1 Å². The van der Waals surface area contributed by atoms with Gasteiger partial charge in [0.05, 0.1) is 6.61 Å². The quantitative estimate of drug-likeness (QED) is 0.829. The number of amides is 1. The van der Waals surface area contributed by atoms with Crippen molar-refractivity contribution in [2.75, 3.05) is 19.8 Å². The summed E-state index contributed by atoms with van der Waals surface area (Å²) in [4.78, 5) is 11.7. The third-order valence-corrected chi connectivity index (χ3v) is 2.51. The summed E-state index contributed by atoms with van der Waals surface area (Å²) in [6, 6.07) is 2.12. The summed E-state index contributed by atoms with van der Waals surface area (Å²) in [5, 5.41) is 11.2. The van der Waals surface area contributed by atoms with E-state index in [9.17, 15) is 13.6 Å². The first kappa shape index (κ1) is 15.4. The number of carbonyl (C=O) groups is 1. The highest BCUT2D eigenvalue weighted by Gasteiger charge is 2.21. The highest BCUT2D eigenvalue weighted by Crippen LogP contribution is 2.23. The fraction of sp³-hybridized carbons (Fsp3) is 0.462. The molecular weight excluding hydrogens is 256 g/mol. The van der Waals surface area contributed by atoms with Crippen LogP contribution in [0.25, 0.3) is 0 Å². The van der Waals surface area contributed by atoms with Gasteiger partial charge in [-0.2, -0.15) is 0 Å². The molecule has 1 rings (SSSR count). The second-order valence-electron chi connectivity index (χ2n) is 4.17. The Morgan fingerprint density at radius 3 is 2.74 bits per heavy atom. The van der Waals surface area contributed by atoms with Gasteiger partial charge in [0.2, 0.25) is 0 Å². The monoisotopic (exact) mass is 273 g/mol. The lowest BCUT2D eigenvalue weighted by atomic mass is 10.1. The third kappa shape index (κ3) is 3.89. The molecule has 0 aliphatic carbocycles. The smallest absolute Gasteiger partial charge is 0.257 e. The zero-order valence-electron chi connectivity index (χ0n) is 10.9. The van der Waals surface area contributed by atoms with Gasteiger partial charge in [-0.15, -0.1) is 0 Å². The van der Waals surface area contributed by atoms with E-state index in [0.717, 1.165) is 12.1 Å². The summed E-state index contributed by atoms with van der Waals surface area (Å²) in [5.41, 5.74) is -0.670. The number of hydrogen-bond donors (Lipinski definition) is 2. The summed E-state index contributed by atoms with van der Waals surface area (Å²) in [7, 11) is 0. The molecule has 1 unspecified atom stereocenters. The van der Waals surface area contributed by atoms with E-state index in [4.69, 9.17) is 9.84 Å². The van der Waals surface area contributed by atoms with Crippen LogP contribution in [0, 0.1) is 17.6 Å². The summed E-state index contributed by atoms with van der Waals surface area (Å²) in [5.74, 6) is -3.18. The van der Waals surface area contributed by atoms with E-state index in [1.54, 1.807) is 13.8 Å². The van der Waals surface area contributed by atoms with E-state index in [1.165, 1.54) is 0 Å². The lowest BCUT2D eigenvalue weighted by Gasteiger charge is -2.12. The predicted octanol–water partition coefficient (Wildman–Crippen LogP) is 1.72. The average molecular weight is 273 g/mol. The number of carbonyl (C=O) groups excluding carboxylic acids is 1. The minimum absolute atomic E-state index is 0.121. The summed E-state index contributed by atoms with van der Waals surface area (Å²) in [6.45, 7) is 3.58. The van der Waals surface area contributed by atoms with Gasteiger partial charge in [0.25, 0.3) is 5.91 Å². The first-order chi connectivity index (χ1) is 9.01. The van der Waals surface area contributed by atoms with Crippen LogP contribution >= 0.6 is 0 Å². The van der Waals surface area contributed by atoms with Crippen LogP contribution in [0.5, 0.6) is 5.75 Å². The second-order valence-corrected chi connectivity index (χ2v) is 4.17. The van der Waals surface area contributed by atoms with Crippen molar-refractivity contribution >= 4 is 5.91 Å². The highest BCUT2D eigenvalue weighted by atomic mass is 19.1. The van der Waals surface area contributed by atoms with Gasteiger partial charge in [-0.05, 0) is 25.0 Å². The van der Waals surface area contributed by atoms with Crippen molar-refractivity contribution in [3.05, 3.63) is 29.3 Å². The molecule has 4 nitrogen and oxygen atoms in total. The van der Waals surface area contributed by atoms with Gasteiger partial charge in [-0.1, -0.05) is 6.92 Å². The largest absolute Gasteiger partial charge is 0.491 e. The van der Waals surface area contributed by atoms with Crippen LogP contribution in [0.15, 0.2) is 12.1 Å². The molecule has 106 valence electrons. The van der Waals surface area contributed by atoms with Crippen molar-refractivity contribution in [3.8, 4) is 5.75 Å². The van der Waals surface area contributed by atoms with E-state index in [-0.39, 0.29) is 31.4 Å². The van der Waals surface area contributed by atoms with Crippen LogP contribution in [0.3, 0.4) is 0 Å². The normalized spacial score (nSPS) is 12.1. The average Bonchev–Trinajstić information content (AvgIpc) is 2.39. The van der Waals surface area contributed by atoms with Gasteiger partial charge in [-0.25, -0.2) is 8.78 Å². The molecular formula is C13H17F2NO3.